The van der Waals surface area contributed by atoms with Gasteiger partial charge in [-0.15, -0.1) is 0 Å². The van der Waals surface area contributed by atoms with Gasteiger partial charge < -0.3 is 9.64 Å². The number of ether oxygens (including phenoxy) is 1. The summed E-state index contributed by atoms with van der Waals surface area (Å²) >= 11 is 0. The zero-order chi connectivity index (χ0) is 12.9. The topological polar surface area (TPSA) is 29.5 Å². The molecule has 1 radical (unpaired) electrons. The van der Waals surface area contributed by atoms with E-state index in [1.807, 2.05) is 45.0 Å². The highest BCUT2D eigenvalue weighted by molar-refractivity contribution is 5.67. The van der Waals surface area contributed by atoms with Gasteiger partial charge in [0.15, 0.2) is 0 Å². The first-order chi connectivity index (χ1) is 7.88. The highest BCUT2D eigenvalue weighted by atomic mass is 16.6. The molecule has 0 saturated carbocycles. The fourth-order valence-corrected chi connectivity index (χ4v) is 1.32. The molecule has 0 N–H and O–H groups in total. The van der Waals surface area contributed by atoms with E-state index in [1.165, 1.54) is 5.56 Å². The van der Waals surface area contributed by atoms with Crippen LogP contribution in [0.3, 0.4) is 0 Å². The van der Waals surface area contributed by atoms with E-state index in [0.29, 0.717) is 6.54 Å². The van der Waals surface area contributed by atoms with Crippen LogP contribution in [0, 0.1) is 6.07 Å². The third-order valence-corrected chi connectivity index (χ3v) is 2.23. The summed E-state index contributed by atoms with van der Waals surface area (Å²) in [4.78, 5) is 13.3. The molecule has 3 nitrogen and oxygen atoms in total. The second kappa shape index (κ2) is 5.71. The minimum Gasteiger partial charge on any atom is -0.444 e. The fourth-order valence-electron chi connectivity index (χ4n) is 1.32. The first-order valence-corrected chi connectivity index (χ1v) is 5.77. The summed E-state index contributed by atoms with van der Waals surface area (Å²) in [5.41, 5.74) is 0.756. The van der Waals surface area contributed by atoms with Crippen LogP contribution >= 0.6 is 0 Å². The highest BCUT2D eigenvalue weighted by Gasteiger charge is 2.19. The molecule has 0 spiro atoms. The Balaban J connectivity index is 2.40. The number of carbonyl (C=O) groups is 1. The predicted octanol–water partition coefficient (Wildman–Crippen LogP) is 2.90. The van der Waals surface area contributed by atoms with Gasteiger partial charge in [-0.05, 0) is 38.8 Å². The van der Waals surface area contributed by atoms with Crippen LogP contribution in [0.25, 0.3) is 0 Å². The molecule has 0 aliphatic rings. The number of benzene rings is 1. The molecular formula is C14H20NO2. The maximum atomic E-state index is 11.7. The predicted molar refractivity (Wildman–Crippen MR) is 67.8 cm³/mol. The lowest BCUT2D eigenvalue weighted by Crippen LogP contribution is -2.35. The molecule has 0 atom stereocenters. The normalized spacial score (nSPS) is 11.1. The van der Waals surface area contributed by atoms with Gasteiger partial charge in [-0.25, -0.2) is 4.79 Å². The Kier molecular flexibility index (Phi) is 4.55. The van der Waals surface area contributed by atoms with E-state index in [2.05, 4.69) is 6.07 Å². The minimum atomic E-state index is -0.437. The second-order valence-electron chi connectivity index (χ2n) is 5.06. The van der Waals surface area contributed by atoms with E-state index in [0.717, 1.165) is 6.42 Å². The Morgan fingerprint density at radius 3 is 2.47 bits per heavy atom. The first-order valence-electron chi connectivity index (χ1n) is 5.77. The Hall–Kier alpha value is -1.51. The summed E-state index contributed by atoms with van der Waals surface area (Å²) in [6.07, 6.45) is 0.546. The van der Waals surface area contributed by atoms with Crippen LogP contribution in [-0.4, -0.2) is 30.2 Å². The van der Waals surface area contributed by atoms with E-state index < -0.39 is 5.60 Å². The molecule has 1 rings (SSSR count). The van der Waals surface area contributed by atoms with E-state index in [4.69, 9.17) is 4.74 Å². The summed E-state index contributed by atoms with van der Waals surface area (Å²) in [7, 11) is 1.75. The summed E-state index contributed by atoms with van der Waals surface area (Å²) in [5, 5.41) is 0. The quantitative estimate of drug-likeness (QED) is 0.804. The van der Waals surface area contributed by atoms with Gasteiger partial charge in [-0.1, -0.05) is 24.3 Å². The molecule has 0 bridgehead atoms. The molecule has 1 amide bonds. The SMILES string of the molecule is CN(CCc1cc[c]cc1)C(=O)OC(C)(C)C. The molecule has 0 aliphatic heterocycles. The van der Waals surface area contributed by atoms with Gasteiger partial charge in [0.1, 0.15) is 5.60 Å². The van der Waals surface area contributed by atoms with Gasteiger partial charge in [-0.3, -0.25) is 0 Å². The van der Waals surface area contributed by atoms with Crippen molar-refractivity contribution in [1.82, 2.24) is 4.90 Å². The second-order valence-corrected chi connectivity index (χ2v) is 5.06. The number of likely N-dealkylation sites (N-methyl/N-ethyl adjacent to an activating group) is 1. The zero-order valence-electron chi connectivity index (χ0n) is 11.0. The van der Waals surface area contributed by atoms with Gasteiger partial charge in [0.2, 0.25) is 0 Å². The molecule has 17 heavy (non-hydrogen) atoms. The number of hydrogen-bond donors (Lipinski definition) is 0. The van der Waals surface area contributed by atoms with Gasteiger partial charge in [0.05, 0.1) is 0 Å². The lowest BCUT2D eigenvalue weighted by Gasteiger charge is -2.24. The van der Waals surface area contributed by atoms with Crippen molar-refractivity contribution >= 4 is 6.09 Å². The highest BCUT2D eigenvalue weighted by Crippen LogP contribution is 2.09. The fraction of sp³-hybridized carbons (Fsp3) is 0.500. The van der Waals surface area contributed by atoms with Crippen molar-refractivity contribution in [2.75, 3.05) is 13.6 Å². The molecule has 0 fully saturated rings. The molecule has 0 unspecified atom stereocenters. The largest absolute Gasteiger partial charge is 0.444 e. The van der Waals surface area contributed by atoms with Crippen LogP contribution in [0.2, 0.25) is 0 Å². The number of rotatable bonds is 3. The van der Waals surface area contributed by atoms with E-state index >= 15 is 0 Å². The standard InChI is InChI=1S/C14H20NO2/c1-14(2,3)17-13(16)15(4)11-10-12-8-6-5-7-9-12/h6-9H,10-11H2,1-4H3. The van der Waals surface area contributed by atoms with Crippen LogP contribution in [0.1, 0.15) is 26.3 Å². The lowest BCUT2D eigenvalue weighted by molar-refractivity contribution is 0.0301. The van der Waals surface area contributed by atoms with Gasteiger partial charge in [0.25, 0.3) is 0 Å². The summed E-state index contributed by atoms with van der Waals surface area (Å²) in [6, 6.07) is 10.7. The molecule has 3 heteroatoms. The van der Waals surface area contributed by atoms with Gasteiger partial charge in [-0.2, -0.15) is 0 Å². The molecule has 0 heterocycles. The van der Waals surface area contributed by atoms with Crippen LogP contribution in [0.5, 0.6) is 0 Å². The van der Waals surface area contributed by atoms with E-state index in [-0.39, 0.29) is 6.09 Å². The van der Waals surface area contributed by atoms with Crippen molar-refractivity contribution < 1.29 is 9.53 Å². The molecule has 1 aromatic carbocycles. The average molecular weight is 234 g/mol. The van der Waals surface area contributed by atoms with Crippen molar-refractivity contribution in [3.8, 4) is 0 Å². The molecule has 0 saturated heterocycles. The molecule has 93 valence electrons. The van der Waals surface area contributed by atoms with Gasteiger partial charge >= 0.3 is 6.09 Å². The van der Waals surface area contributed by atoms with E-state index in [9.17, 15) is 4.79 Å². The van der Waals surface area contributed by atoms with Crippen molar-refractivity contribution in [1.29, 1.82) is 0 Å². The van der Waals surface area contributed by atoms with Crippen LogP contribution < -0.4 is 0 Å². The summed E-state index contributed by atoms with van der Waals surface area (Å²) in [6.45, 7) is 6.25. The van der Waals surface area contributed by atoms with Crippen molar-refractivity contribution in [3.63, 3.8) is 0 Å². The summed E-state index contributed by atoms with van der Waals surface area (Å²) in [5.74, 6) is 0. The number of hydrogen-bond acceptors (Lipinski definition) is 2. The first kappa shape index (κ1) is 13.6. The lowest BCUT2D eigenvalue weighted by atomic mass is 10.1. The van der Waals surface area contributed by atoms with Crippen LogP contribution in [0.4, 0.5) is 4.79 Å². The number of amides is 1. The molecule has 1 aromatic rings. The smallest absolute Gasteiger partial charge is 0.410 e. The monoisotopic (exact) mass is 234 g/mol. The Bertz CT molecular complexity index is 354. The minimum absolute atomic E-state index is 0.278. The van der Waals surface area contributed by atoms with E-state index in [1.54, 1.807) is 11.9 Å². The average Bonchev–Trinajstić information content (AvgIpc) is 2.25. The van der Waals surface area contributed by atoms with Crippen LogP contribution in [-0.2, 0) is 11.2 Å². The van der Waals surface area contributed by atoms with Crippen molar-refractivity contribution in [3.05, 3.63) is 35.9 Å². The third-order valence-electron chi connectivity index (χ3n) is 2.23. The molecular weight excluding hydrogens is 214 g/mol. The van der Waals surface area contributed by atoms with Gasteiger partial charge in [0, 0.05) is 13.6 Å². The third kappa shape index (κ3) is 5.38. The number of nitrogens with zero attached hydrogens (tertiary/aromatic N) is 1. The Labute approximate surface area is 103 Å². The van der Waals surface area contributed by atoms with Crippen molar-refractivity contribution in [2.24, 2.45) is 0 Å². The maximum Gasteiger partial charge on any atom is 0.410 e. The summed E-state index contributed by atoms with van der Waals surface area (Å²) < 4.78 is 5.27. The number of carbonyl (C=O) groups excluding carboxylic acids is 1. The molecule has 0 aliphatic carbocycles. The Morgan fingerprint density at radius 1 is 1.35 bits per heavy atom. The zero-order valence-corrected chi connectivity index (χ0v) is 11.0. The maximum absolute atomic E-state index is 11.7. The molecule has 0 aromatic heterocycles. The van der Waals surface area contributed by atoms with Crippen LogP contribution in [0.15, 0.2) is 24.3 Å². The van der Waals surface area contributed by atoms with Crippen molar-refractivity contribution in [2.45, 2.75) is 32.8 Å². The Morgan fingerprint density at radius 2 is 1.94 bits per heavy atom.